The number of carbonyl (C=O) groups excluding carboxylic acids is 1. The summed E-state index contributed by atoms with van der Waals surface area (Å²) in [4.78, 5) is 17.7. The Hall–Kier alpha value is -2.84. The van der Waals surface area contributed by atoms with Crippen LogP contribution in [0.4, 0.5) is 5.69 Å². The Morgan fingerprint density at radius 3 is 2.40 bits per heavy atom. The number of carbonyl (C=O) groups is 1. The maximum Gasteiger partial charge on any atom is 0.162 e. The molecule has 154 valence electrons. The molecule has 2 heterocycles. The SMILES string of the molecule is Cc1ccc(N2C(N)=C(C#N)[C@@H](c3cc(C)sc3C)C3=C2CC(C)(C)CC3=O)cc1. The molecule has 2 aliphatic rings. The number of hydrogen-bond donors (Lipinski definition) is 1. The number of anilines is 1. The van der Waals surface area contributed by atoms with Crippen LogP contribution >= 0.6 is 11.3 Å². The number of allylic oxidation sites excluding steroid dienone is 3. The van der Waals surface area contributed by atoms with Crippen LogP contribution in [0.5, 0.6) is 0 Å². The molecule has 1 atom stereocenters. The van der Waals surface area contributed by atoms with Gasteiger partial charge in [0.05, 0.1) is 17.6 Å². The van der Waals surface area contributed by atoms with E-state index in [1.165, 1.54) is 4.88 Å². The molecule has 4 nitrogen and oxygen atoms in total. The summed E-state index contributed by atoms with van der Waals surface area (Å²) in [5.41, 5.74) is 11.7. The summed E-state index contributed by atoms with van der Waals surface area (Å²) in [5, 5.41) is 10.1. The number of nitrogens with two attached hydrogens (primary N) is 1. The van der Waals surface area contributed by atoms with Crippen LogP contribution in [-0.2, 0) is 4.79 Å². The number of hydrogen-bond acceptors (Lipinski definition) is 5. The predicted octanol–water partition coefficient (Wildman–Crippen LogP) is 5.61. The molecule has 0 saturated carbocycles. The summed E-state index contributed by atoms with van der Waals surface area (Å²) in [6.45, 7) is 10.4. The normalized spacial score (nSPS) is 21.0. The van der Waals surface area contributed by atoms with E-state index in [-0.39, 0.29) is 17.1 Å². The first-order valence-electron chi connectivity index (χ1n) is 10.2. The van der Waals surface area contributed by atoms with Crippen molar-refractivity contribution in [3.05, 3.63) is 73.9 Å². The fourth-order valence-electron chi connectivity index (χ4n) is 4.75. The van der Waals surface area contributed by atoms with Crippen molar-refractivity contribution in [2.24, 2.45) is 11.1 Å². The standard InChI is InChI=1S/C25H27N3OS/c1-14-6-8-17(9-7-14)28-20-11-25(4,5)12-21(29)23(20)22(19(13-26)24(28)27)18-10-15(2)30-16(18)3/h6-10,22H,11-12,27H2,1-5H3/t22-/m1/s1. The lowest BCUT2D eigenvalue weighted by atomic mass is 9.68. The first kappa shape index (κ1) is 20.4. The predicted molar refractivity (Wildman–Crippen MR) is 122 cm³/mol. The molecule has 1 aromatic heterocycles. The van der Waals surface area contributed by atoms with Gasteiger partial charge in [0, 0.05) is 33.1 Å². The number of benzene rings is 1. The van der Waals surface area contributed by atoms with Gasteiger partial charge in [-0.3, -0.25) is 9.69 Å². The molecule has 1 aromatic carbocycles. The lowest BCUT2D eigenvalue weighted by Gasteiger charge is -2.43. The maximum atomic E-state index is 13.5. The van der Waals surface area contributed by atoms with Crippen molar-refractivity contribution in [2.45, 2.75) is 53.4 Å². The number of Topliss-reactive ketones (excluding diaryl/α,β-unsaturated/α-hetero) is 1. The molecule has 0 fully saturated rings. The molecule has 30 heavy (non-hydrogen) atoms. The Kier molecular flexibility index (Phi) is 4.86. The zero-order valence-electron chi connectivity index (χ0n) is 18.2. The summed E-state index contributed by atoms with van der Waals surface area (Å²) in [6, 6.07) is 12.5. The third-order valence-corrected chi connectivity index (χ3v) is 7.05. The number of aryl methyl sites for hydroxylation is 3. The first-order chi connectivity index (χ1) is 14.1. The van der Waals surface area contributed by atoms with Crippen molar-refractivity contribution < 1.29 is 4.79 Å². The van der Waals surface area contributed by atoms with Gasteiger partial charge in [0.25, 0.3) is 0 Å². The van der Waals surface area contributed by atoms with Gasteiger partial charge in [-0.2, -0.15) is 5.26 Å². The summed E-state index contributed by atoms with van der Waals surface area (Å²) in [5.74, 6) is 0.158. The van der Waals surface area contributed by atoms with E-state index in [2.05, 4.69) is 39.8 Å². The van der Waals surface area contributed by atoms with Gasteiger partial charge in [-0.25, -0.2) is 0 Å². The number of nitrogens with zero attached hydrogens (tertiary/aromatic N) is 2. The highest BCUT2D eigenvalue weighted by atomic mass is 32.1. The fraction of sp³-hybridized carbons (Fsp3) is 0.360. The Bertz CT molecular complexity index is 1140. The van der Waals surface area contributed by atoms with Crippen molar-refractivity contribution in [1.82, 2.24) is 0 Å². The van der Waals surface area contributed by atoms with Crippen LogP contribution < -0.4 is 10.6 Å². The highest BCUT2D eigenvalue weighted by Crippen LogP contribution is 2.51. The van der Waals surface area contributed by atoms with Crippen molar-refractivity contribution in [3.8, 4) is 6.07 Å². The van der Waals surface area contributed by atoms with Crippen molar-refractivity contribution >= 4 is 22.8 Å². The minimum Gasteiger partial charge on any atom is -0.384 e. The maximum absolute atomic E-state index is 13.5. The molecule has 0 spiro atoms. The molecule has 1 aliphatic carbocycles. The second-order valence-electron chi connectivity index (χ2n) is 9.18. The zero-order chi connectivity index (χ0) is 21.8. The van der Waals surface area contributed by atoms with E-state index in [4.69, 9.17) is 5.73 Å². The molecule has 0 amide bonds. The molecule has 0 unspecified atom stereocenters. The van der Waals surface area contributed by atoms with Crippen LogP contribution in [-0.4, -0.2) is 5.78 Å². The lowest BCUT2D eigenvalue weighted by Crippen LogP contribution is -2.42. The summed E-state index contributed by atoms with van der Waals surface area (Å²) < 4.78 is 0. The third-order valence-electron chi connectivity index (χ3n) is 6.06. The Labute approximate surface area is 182 Å². The molecular weight excluding hydrogens is 390 g/mol. The van der Waals surface area contributed by atoms with E-state index >= 15 is 0 Å². The molecule has 1 aliphatic heterocycles. The second kappa shape index (κ2) is 7.14. The van der Waals surface area contributed by atoms with Gasteiger partial charge in [-0.15, -0.1) is 11.3 Å². The average Bonchev–Trinajstić information content (AvgIpc) is 2.99. The van der Waals surface area contributed by atoms with E-state index in [0.29, 0.717) is 17.8 Å². The van der Waals surface area contributed by atoms with Gasteiger partial charge in [0.15, 0.2) is 5.78 Å². The molecule has 2 N–H and O–H groups in total. The van der Waals surface area contributed by atoms with Crippen molar-refractivity contribution in [3.63, 3.8) is 0 Å². The van der Waals surface area contributed by atoms with Crippen LogP contribution in [0.1, 0.15) is 53.5 Å². The van der Waals surface area contributed by atoms with Gasteiger partial charge in [-0.1, -0.05) is 31.5 Å². The Morgan fingerprint density at radius 1 is 1.17 bits per heavy atom. The quantitative estimate of drug-likeness (QED) is 0.689. The van der Waals surface area contributed by atoms with E-state index in [1.54, 1.807) is 11.3 Å². The van der Waals surface area contributed by atoms with Crippen LogP contribution in [0.25, 0.3) is 0 Å². The smallest absolute Gasteiger partial charge is 0.162 e. The van der Waals surface area contributed by atoms with Gasteiger partial charge in [0.1, 0.15) is 5.82 Å². The topological polar surface area (TPSA) is 70.1 Å². The average molecular weight is 418 g/mol. The number of nitriles is 1. The molecule has 5 heteroatoms. The van der Waals surface area contributed by atoms with E-state index in [1.807, 2.05) is 36.1 Å². The first-order valence-corrected chi connectivity index (χ1v) is 11.0. The molecule has 0 bridgehead atoms. The lowest BCUT2D eigenvalue weighted by molar-refractivity contribution is -0.118. The molecular formula is C25H27N3OS. The number of ketones is 1. The summed E-state index contributed by atoms with van der Waals surface area (Å²) >= 11 is 1.70. The van der Waals surface area contributed by atoms with E-state index in [9.17, 15) is 10.1 Å². The Morgan fingerprint density at radius 2 is 1.83 bits per heavy atom. The van der Waals surface area contributed by atoms with Gasteiger partial charge >= 0.3 is 0 Å². The highest BCUT2D eigenvalue weighted by Gasteiger charge is 2.45. The second-order valence-corrected chi connectivity index (χ2v) is 10.6. The number of thiophene rings is 1. The molecule has 0 radical (unpaired) electrons. The van der Waals surface area contributed by atoms with E-state index in [0.717, 1.165) is 39.4 Å². The molecule has 4 rings (SSSR count). The number of rotatable bonds is 2. The molecule has 2 aromatic rings. The monoisotopic (exact) mass is 417 g/mol. The van der Waals surface area contributed by atoms with Crippen LogP contribution in [0.15, 0.2) is 53.0 Å². The minimum absolute atomic E-state index is 0.117. The van der Waals surface area contributed by atoms with Gasteiger partial charge in [0.2, 0.25) is 0 Å². The third kappa shape index (κ3) is 3.26. The summed E-state index contributed by atoms with van der Waals surface area (Å²) in [6.07, 6.45) is 1.21. The Balaban J connectivity index is 2.01. The highest BCUT2D eigenvalue weighted by molar-refractivity contribution is 7.12. The van der Waals surface area contributed by atoms with Gasteiger partial charge < -0.3 is 5.73 Å². The van der Waals surface area contributed by atoms with Crippen LogP contribution in [0, 0.1) is 37.5 Å². The van der Waals surface area contributed by atoms with E-state index < -0.39 is 0 Å². The van der Waals surface area contributed by atoms with Crippen LogP contribution in [0.3, 0.4) is 0 Å². The zero-order valence-corrected chi connectivity index (χ0v) is 19.0. The largest absolute Gasteiger partial charge is 0.384 e. The van der Waals surface area contributed by atoms with Gasteiger partial charge in [-0.05, 0) is 56.4 Å². The van der Waals surface area contributed by atoms with Crippen molar-refractivity contribution in [2.75, 3.05) is 4.90 Å². The minimum atomic E-state index is -0.389. The fourth-order valence-corrected chi connectivity index (χ4v) is 5.71. The van der Waals surface area contributed by atoms with Crippen molar-refractivity contribution in [1.29, 1.82) is 5.26 Å². The summed E-state index contributed by atoms with van der Waals surface area (Å²) in [7, 11) is 0. The van der Waals surface area contributed by atoms with Crippen LogP contribution in [0.2, 0.25) is 0 Å². The molecule has 0 saturated heterocycles.